The molecule has 0 radical (unpaired) electrons. The van der Waals surface area contributed by atoms with Gasteiger partial charge in [-0.15, -0.1) is 0 Å². The number of rotatable bonds is 17. The molecule has 0 fully saturated rings. The van der Waals surface area contributed by atoms with Crippen LogP contribution in [0.2, 0.25) is 0 Å². The van der Waals surface area contributed by atoms with Gasteiger partial charge in [0.1, 0.15) is 0 Å². The van der Waals surface area contributed by atoms with Gasteiger partial charge in [0.05, 0.1) is 5.56 Å². The van der Waals surface area contributed by atoms with Crippen molar-refractivity contribution in [3.63, 3.8) is 0 Å². The first-order chi connectivity index (χ1) is 14.1. The smallest absolute Gasteiger partial charge is 0.345 e. The van der Waals surface area contributed by atoms with Gasteiger partial charge in [-0.25, -0.2) is 4.79 Å². The maximum atomic E-state index is 11.9. The van der Waals surface area contributed by atoms with E-state index in [-0.39, 0.29) is 17.4 Å². The molecule has 0 aliphatic heterocycles. The van der Waals surface area contributed by atoms with Crippen LogP contribution in [0.5, 0.6) is 0 Å². The third-order valence-corrected chi connectivity index (χ3v) is 5.44. The van der Waals surface area contributed by atoms with Crippen LogP contribution in [0.3, 0.4) is 0 Å². The molecule has 4 heteroatoms. The van der Waals surface area contributed by atoms with Crippen LogP contribution in [0, 0.1) is 6.92 Å². The average Bonchev–Trinajstić information content (AvgIpc) is 2.71. The fourth-order valence-electron chi connectivity index (χ4n) is 3.63. The number of carbonyl (C=O) groups is 2. The molecule has 0 unspecified atom stereocenters. The van der Waals surface area contributed by atoms with Crippen molar-refractivity contribution in [1.82, 2.24) is 0 Å². The highest BCUT2D eigenvalue weighted by molar-refractivity contribution is 5.96. The zero-order chi connectivity index (χ0) is 21.2. The number of hydrogen-bond acceptors (Lipinski definition) is 3. The molecule has 0 amide bonds. The SMILES string of the molecule is CCCCCCCCCCCCCCCCCC(=O)OC(=O)c1cccc(C)c1.[AlH3]. The molecule has 3 nitrogen and oxygen atoms in total. The number of ether oxygens (including phenoxy) is 1. The summed E-state index contributed by atoms with van der Waals surface area (Å²) in [5, 5.41) is 0. The molecule has 0 saturated carbocycles. The van der Waals surface area contributed by atoms with E-state index in [0.717, 1.165) is 24.8 Å². The minimum absolute atomic E-state index is 0. The van der Waals surface area contributed by atoms with Crippen LogP contribution in [0.25, 0.3) is 0 Å². The van der Waals surface area contributed by atoms with Gasteiger partial charge in [0.25, 0.3) is 0 Å². The van der Waals surface area contributed by atoms with Gasteiger partial charge in [0.15, 0.2) is 17.4 Å². The number of esters is 2. The second-order valence-electron chi connectivity index (χ2n) is 8.33. The highest BCUT2D eigenvalue weighted by atomic mass is 27.0. The first kappa shape index (κ1) is 28.9. The lowest BCUT2D eigenvalue weighted by atomic mass is 10.0. The third-order valence-electron chi connectivity index (χ3n) is 5.44. The Balaban J connectivity index is 0.00000841. The zero-order valence-electron chi connectivity index (χ0n) is 18.8. The van der Waals surface area contributed by atoms with Gasteiger partial charge in [0.2, 0.25) is 0 Å². The van der Waals surface area contributed by atoms with Crippen molar-refractivity contribution < 1.29 is 14.3 Å². The van der Waals surface area contributed by atoms with Crippen LogP contribution in [0.1, 0.15) is 126 Å². The van der Waals surface area contributed by atoms with Gasteiger partial charge in [-0.1, -0.05) is 115 Å². The lowest BCUT2D eigenvalue weighted by molar-refractivity contribution is -0.138. The highest BCUT2D eigenvalue weighted by Gasteiger charge is 2.12. The van der Waals surface area contributed by atoms with Crippen molar-refractivity contribution in [1.29, 1.82) is 0 Å². The highest BCUT2D eigenvalue weighted by Crippen LogP contribution is 2.14. The van der Waals surface area contributed by atoms with Gasteiger partial charge < -0.3 is 4.74 Å². The van der Waals surface area contributed by atoms with Crippen LogP contribution in [-0.4, -0.2) is 29.3 Å². The summed E-state index contributed by atoms with van der Waals surface area (Å²) in [4.78, 5) is 23.7. The second-order valence-corrected chi connectivity index (χ2v) is 8.33. The van der Waals surface area contributed by atoms with E-state index >= 15 is 0 Å². The number of hydrogen-bond donors (Lipinski definition) is 0. The van der Waals surface area contributed by atoms with E-state index in [1.165, 1.54) is 77.0 Å². The number of aryl methyl sites for hydroxylation is 1. The van der Waals surface area contributed by atoms with E-state index < -0.39 is 11.9 Å². The van der Waals surface area contributed by atoms with Gasteiger partial charge in [-0.2, -0.15) is 0 Å². The Kier molecular flexibility index (Phi) is 19.1. The predicted molar refractivity (Wildman–Crippen MR) is 131 cm³/mol. The second kappa shape index (κ2) is 19.8. The summed E-state index contributed by atoms with van der Waals surface area (Å²) in [7, 11) is 0. The molecule has 0 heterocycles. The van der Waals surface area contributed by atoms with E-state index in [9.17, 15) is 9.59 Å². The van der Waals surface area contributed by atoms with Crippen LogP contribution in [-0.2, 0) is 9.53 Å². The maximum absolute atomic E-state index is 11.9. The van der Waals surface area contributed by atoms with Gasteiger partial charge in [-0.05, 0) is 25.5 Å². The zero-order valence-corrected chi connectivity index (χ0v) is 18.8. The fraction of sp³-hybridized carbons (Fsp3) is 0.692. The Labute approximate surface area is 195 Å². The van der Waals surface area contributed by atoms with Gasteiger partial charge in [-0.3, -0.25) is 4.79 Å². The molecule has 0 aliphatic carbocycles. The molecule has 30 heavy (non-hydrogen) atoms. The average molecular weight is 433 g/mol. The van der Waals surface area contributed by atoms with Crippen molar-refractivity contribution in [2.75, 3.05) is 0 Å². The molecular weight excluding hydrogens is 387 g/mol. The van der Waals surface area contributed by atoms with Crippen molar-refractivity contribution in [3.05, 3.63) is 35.4 Å². The molecule has 0 saturated heterocycles. The standard InChI is InChI=1S/C26H42O3.Al.3H/c1-3-4-5-6-7-8-9-10-11-12-13-14-15-16-17-21-25(27)29-26(28)24-20-18-19-23(2)22-24;;;;/h18-20,22H,3-17,21H2,1-2H3;;;;. The normalized spacial score (nSPS) is 10.5. The van der Waals surface area contributed by atoms with Crippen LogP contribution in [0.4, 0.5) is 0 Å². The van der Waals surface area contributed by atoms with E-state index in [1.807, 2.05) is 13.0 Å². The van der Waals surface area contributed by atoms with Gasteiger partial charge in [0, 0.05) is 6.42 Å². The fourth-order valence-corrected chi connectivity index (χ4v) is 3.63. The summed E-state index contributed by atoms with van der Waals surface area (Å²) in [5.41, 5.74) is 1.42. The lowest BCUT2D eigenvalue weighted by Crippen LogP contribution is -2.12. The summed E-state index contributed by atoms with van der Waals surface area (Å²) in [6, 6.07) is 7.12. The first-order valence-corrected chi connectivity index (χ1v) is 11.9. The van der Waals surface area contributed by atoms with Crippen molar-refractivity contribution >= 4 is 29.3 Å². The van der Waals surface area contributed by atoms with E-state index in [4.69, 9.17) is 4.74 Å². The number of carbonyl (C=O) groups excluding carboxylic acids is 2. The summed E-state index contributed by atoms with van der Waals surface area (Å²) < 4.78 is 4.93. The van der Waals surface area contributed by atoms with Crippen LogP contribution in [0.15, 0.2) is 24.3 Å². The molecule has 0 spiro atoms. The molecule has 0 bridgehead atoms. The van der Waals surface area contributed by atoms with Crippen molar-refractivity contribution in [2.24, 2.45) is 0 Å². The minimum Gasteiger partial charge on any atom is -0.389 e. The van der Waals surface area contributed by atoms with Crippen molar-refractivity contribution in [3.8, 4) is 0 Å². The summed E-state index contributed by atoms with van der Waals surface area (Å²) >= 11 is 0. The van der Waals surface area contributed by atoms with E-state index in [2.05, 4.69) is 6.92 Å². The topological polar surface area (TPSA) is 43.4 Å². The number of unbranched alkanes of at least 4 members (excludes halogenated alkanes) is 14. The summed E-state index contributed by atoms with van der Waals surface area (Å²) in [5.74, 6) is -0.953. The Morgan fingerprint density at radius 3 is 1.67 bits per heavy atom. The summed E-state index contributed by atoms with van der Waals surface area (Å²) in [6.45, 7) is 4.18. The Bertz CT molecular complexity index is 571. The summed E-state index contributed by atoms with van der Waals surface area (Å²) in [6.07, 6.45) is 19.7. The quantitative estimate of drug-likeness (QED) is 0.118. The number of benzene rings is 1. The monoisotopic (exact) mass is 432 g/mol. The van der Waals surface area contributed by atoms with Gasteiger partial charge >= 0.3 is 11.9 Å². The molecule has 0 aliphatic rings. The molecule has 1 rings (SSSR count). The van der Waals surface area contributed by atoms with Crippen LogP contribution < -0.4 is 0 Å². The van der Waals surface area contributed by atoms with Crippen LogP contribution >= 0.6 is 0 Å². The predicted octanol–water partition coefficient (Wildman–Crippen LogP) is 6.76. The molecule has 0 atom stereocenters. The Hall–Kier alpha value is -1.11. The Morgan fingerprint density at radius 2 is 1.20 bits per heavy atom. The van der Waals surface area contributed by atoms with E-state index in [1.54, 1.807) is 18.2 Å². The molecular formula is C26H45AlO3. The molecule has 1 aromatic rings. The molecule has 0 aromatic heterocycles. The molecule has 170 valence electrons. The Morgan fingerprint density at radius 1 is 0.733 bits per heavy atom. The largest absolute Gasteiger partial charge is 0.389 e. The molecule has 0 N–H and O–H groups in total. The minimum atomic E-state index is -0.542. The van der Waals surface area contributed by atoms with Crippen molar-refractivity contribution in [2.45, 2.75) is 117 Å². The molecule has 1 aromatic carbocycles. The maximum Gasteiger partial charge on any atom is 0.345 e. The third kappa shape index (κ3) is 15.7. The lowest BCUT2D eigenvalue weighted by Gasteiger charge is -2.05. The first-order valence-electron chi connectivity index (χ1n) is 11.9. The van der Waals surface area contributed by atoms with E-state index in [0.29, 0.717) is 12.0 Å².